The fraction of sp³-hybridized carbons (Fsp3) is 0.348. The lowest BCUT2D eigenvalue weighted by Gasteiger charge is -2.09. The highest BCUT2D eigenvalue weighted by molar-refractivity contribution is 7.99. The summed E-state index contributed by atoms with van der Waals surface area (Å²) in [7, 11) is -3.39. The summed E-state index contributed by atoms with van der Waals surface area (Å²) in [6.45, 7) is 4.72. The molecule has 6 nitrogen and oxygen atoms in total. The zero-order valence-electron chi connectivity index (χ0n) is 18.4. The largest absolute Gasteiger partial charge is 0.482 e. The number of carboxylic acid groups (broad SMARTS) is 1. The van der Waals surface area contributed by atoms with E-state index >= 15 is 0 Å². The Labute approximate surface area is 207 Å². The van der Waals surface area contributed by atoms with Gasteiger partial charge in [-0.1, -0.05) is 11.6 Å². The molecule has 0 amide bonds. The van der Waals surface area contributed by atoms with E-state index in [-0.39, 0.29) is 12.4 Å². The minimum Gasteiger partial charge on any atom is -0.482 e. The topological polar surface area (TPSA) is 92.7 Å². The summed E-state index contributed by atoms with van der Waals surface area (Å²) in [5, 5.41) is 13.3. The number of nitrogens with one attached hydrogen (secondary N) is 1. The number of fused-ring (bicyclic) bond motifs is 1. The molecule has 0 aliphatic carbocycles. The summed E-state index contributed by atoms with van der Waals surface area (Å²) in [5.41, 5.74) is 0.886. The number of carbonyl (C=O) groups is 1. The molecule has 178 valence electrons. The summed E-state index contributed by atoms with van der Waals surface area (Å²) in [6, 6.07) is 11.0. The molecule has 10 heteroatoms. The van der Waals surface area contributed by atoms with Gasteiger partial charge in [0.05, 0.1) is 10.6 Å². The van der Waals surface area contributed by atoms with Gasteiger partial charge in [0, 0.05) is 37.2 Å². The zero-order valence-corrected chi connectivity index (χ0v) is 21.6. The van der Waals surface area contributed by atoms with Crippen LogP contribution in [0, 0.1) is 13.8 Å². The SMILES string of the molecule is Cc1cc(SCCNCCCS(=O)(=O)c2c(C)sc3ccc(Cl)cc23)ccc1OCC(=O)O. The highest BCUT2D eigenvalue weighted by Gasteiger charge is 2.22. The molecular formula is C23H26ClNO5S3. The Morgan fingerprint density at radius 1 is 1.18 bits per heavy atom. The minimum atomic E-state index is -3.39. The normalized spacial score (nSPS) is 11.7. The lowest BCUT2D eigenvalue weighted by molar-refractivity contribution is -0.139. The van der Waals surface area contributed by atoms with Crippen LogP contribution in [0.25, 0.3) is 10.1 Å². The van der Waals surface area contributed by atoms with Crippen molar-refractivity contribution in [1.82, 2.24) is 5.32 Å². The van der Waals surface area contributed by atoms with Gasteiger partial charge >= 0.3 is 5.97 Å². The summed E-state index contributed by atoms with van der Waals surface area (Å²) in [4.78, 5) is 12.9. The molecule has 2 N–H and O–H groups in total. The molecule has 1 aromatic heterocycles. The Balaban J connectivity index is 1.42. The number of hydrogen-bond acceptors (Lipinski definition) is 7. The number of benzene rings is 2. The molecule has 1 heterocycles. The van der Waals surface area contributed by atoms with Crippen LogP contribution in [0.1, 0.15) is 16.9 Å². The van der Waals surface area contributed by atoms with Crippen molar-refractivity contribution in [3.05, 3.63) is 51.9 Å². The number of aliphatic carboxylic acids is 1. The maximum absolute atomic E-state index is 12.9. The quantitative estimate of drug-likeness (QED) is 0.247. The van der Waals surface area contributed by atoms with Crippen molar-refractivity contribution in [2.24, 2.45) is 0 Å². The first kappa shape index (κ1) is 25.8. The second-order valence-electron chi connectivity index (χ2n) is 7.51. The number of thiophene rings is 1. The fourth-order valence-electron chi connectivity index (χ4n) is 3.42. The Bertz CT molecular complexity index is 1240. The van der Waals surface area contributed by atoms with Gasteiger partial charge in [-0.3, -0.25) is 0 Å². The molecule has 33 heavy (non-hydrogen) atoms. The van der Waals surface area contributed by atoms with E-state index in [1.54, 1.807) is 30.0 Å². The number of thioether (sulfide) groups is 1. The van der Waals surface area contributed by atoms with Crippen molar-refractivity contribution >= 4 is 60.6 Å². The molecule has 0 saturated heterocycles. The van der Waals surface area contributed by atoms with Crippen LogP contribution in [0.3, 0.4) is 0 Å². The zero-order chi connectivity index (χ0) is 24.0. The monoisotopic (exact) mass is 527 g/mol. The van der Waals surface area contributed by atoms with Crippen molar-refractivity contribution in [3.63, 3.8) is 0 Å². The van der Waals surface area contributed by atoms with E-state index in [0.717, 1.165) is 32.3 Å². The Kier molecular flexibility index (Phi) is 9.06. The van der Waals surface area contributed by atoms with E-state index in [1.165, 1.54) is 11.3 Å². The summed E-state index contributed by atoms with van der Waals surface area (Å²) >= 11 is 9.23. The number of halogens is 1. The molecule has 0 unspecified atom stereocenters. The molecule has 3 rings (SSSR count). The Morgan fingerprint density at radius 3 is 2.70 bits per heavy atom. The second kappa shape index (κ2) is 11.6. The lowest BCUT2D eigenvalue weighted by Crippen LogP contribution is -2.21. The molecule has 0 bridgehead atoms. The average molecular weight is 528 g/mol. The van der Waals surface area contributed by atoms with Gasteiger partial charge in [-0.2, -0.15) is 0 Å². The molecule has 2 aromatic carbocycles. The molecule has 0 aliphatic heterocycles. The van der Waals surface area contributed by atoms with Gasteiger partial charge in [0.2, 0.25) is 0 Å². The predicted molar refractivity (Wildman–Crippen MR) is 136 cm³/mol. The van der Waals surface area contributed by atoms with Gasteiger partial charge in [0.1, 0.15) is 5.75 Å². The molecule has 3 aromatic rings. The van der Waals surface area contributed by atoms with E-state index in [1.807, 2.05) is 32.0 Å². The standard InChI is InChI=1S/C23H26ClNO5S3/c1-15-12-18(5-6-20(15)30-14-22(26)27)31-10-9-25-8-3-11-33(28,29)23-16(2)32-21-7-4-17(24)13-19(21)23/h4-7,12-13,25H,3,8-11,14H2,1-2H3,(H,26,27). The van der Waals surface area contributed by atoms with Crippen LogP contribution >= 0.6 is 34.7 Å². The number of aryl methyl sites for hydroxylation is 2. The van der Waals surface area contributed by atoms with Crippen LogP contribution in [-0.4, -0.2) is 50.7 Å². The summed E-state index contributed by atoms with van der Waals surface area (Å²) in [6.07, 6.45) is 0.527. The molecule has 0 spiro atoms. The average Bonchev–Trinajstić information content (AvgIpc) is 3.08. The van der Waals surface area contributed by atoms with Gasteiger partial charge in [-0.25, -0.2) is 13.2 Å². The third-order valence-corrected chi connectivity index (χ3v) is 9.31. The fourth-order valence-corrected chi connectivity index (χ4v) is 7.68. The third kappa shape index (κ3) is 7.10. The van der Waals surface area contributed by atoms with Gasteiger partial charge in [-0.15, -0.1) is 23.1 Å². The number of hydrogen-bond donors (Lipinski definition) is 2. The number of rotatable bonds is 12. The van der Waals surface area contributed by atoms with Crippen LogP contribution in [0.2, 0.25) is 5.02 Å². The molecule has 0 atom stereocenters. The molecule has 0 aliphatic rings. The van der Waals surface area contributed by atoms with Crippen LogP contribution in [0.5, 0.6) is 5.75 Å². The highest BCUT2D eigenvalue weighted by Crippen LogP contribution is 2.36. The maximum Gasteiger partial charge on any atom is 0.341 e. The van der Waals surface area contributed by atoms with Crippen molar-refractivity contribution < 1.29 is 23.1 Å². The lowest BCUT2D eigenvalue weighted by atomic mass is 10.2. The van der Waals surface area contributed by atoms with E-state index < -0.39 is 15.8 Å². The van der Waals surface area contributed by atoms with Gasteiger partial charge < -0.3 is 15.2 Å². The molecular weight excluding hydrogens is 502 g/mol. The van der Waals surface area contributed by atoms with Gasteiger partial charge in [-0.05, 0) is 68.8 Å². The van der Waals surface area contributed by atoms with E-state index in [2.05, 4.69) is 5.32 Å². The van der Waals surface area contributed by atoms with Crippen LogP contribution in [0.15, 0.2) is 46.2 Å². The number of carboxylic acids is 1. The van der Waals surface area contributed by atoms with E-state index in [0.29, 0.717) is 34.0 Å². The van der Waals surface area contributed by atoms with Crippen molar-refractivity contribution in [3.8, 4) is 5.75 Å². The molecule has 0 radical (unpaired) electrons. The highest BCUT2D eigenvalue weighted by atomic mass is 35.5. The Morgan fingerprint density at radius 2 is 1.97 bits per heavy atom. The second-order valence-corrected chi connectivity index (χ2v) is 12.4. The first-order valence-electron chi connectivity index (χ1n) is 10.4. The van der Waals surface area contributed by atoms with E-state index in [4.69, 9.17) is 21.4 Å². The van der Waals surface area contributed by atoms with Crippen LogP contribution in [-0.2, 0) is 14.6 Å². The predicted octanol–water partition coefficient (Wildman–Crippen LogP) is 5.18. The minimum absolute atomic E-state index is 0.0866. The third-order valence-electron chi connectivity index (χ3n) is 4.89. The number of ether oxygens (including phenoxy) is 1. The Hall–Kier alpha value is -1.78. The maximum atomic E-state index is 12.9. The van der Waals surface area contributed by atoms with Crippen LogP contribution < -0.4 is 10.1 Å². The van der Waals surface area contributed by atoms with Gasteiger partial charge in [0.15, 0.2) is 16.4 Å². The number of sulfone groups is 1. The first-order chi connectivity index (χ1) is 15.7. The summed E-state index contributed by atoms with van der Waals surface area (Å²) < 4.78 is 32.1. The van der Waals surface area contributed by atoms with Crippen molar-refractivity contribution in [2.45, 2.75) is 30.1 Å². The van der Waals surface area contributed by atoms with Crippen molar-refractivity contribution in [2.75, 3.05) is 31.2 Å². The van der Waals surface area contributed by atoms with Gasteiger partial charge in [0.25, 0.3) is 0 Å². The molecule has 0 fully saturated rings. The smallest absolute Gasteiger partial charge is 0.341 e. The van der Waals surface area contributed by atoms with Crippen molar-refractivity contribution in [1.29, 1.82) is 0 Å². The first-order valence-corrected chi connectivity index (χ1v) is 14.2. The van der Waals surface area contributed by atoms with E-state index in [9.17, 15) is 13.2 Å². The summed E-state index contributed by atoms with van der Waals surface area (Å²) in [5.74, 6) is 0.476. The molecule has 0 saturated carbocycles. The van der Waals surface area contributed by atoms with Crippen LogP contribution in [0.4, 0.5) is 0 Å².